The molecule has 2 aromatic rings. The van der Waals surface area contributed by atoms with E-state index < -0.39 is 23.6 Å². The number of hydrogen-bond acceptors (Lipinski definition) is 5. The predicted octanol–water partition coefficient (Wildman–Crippen LogP) is 3.31. The maximum absolute atomic E-state index is 12.9. The number of aryl methyl sites for hydroxylation is 2. The fourth-order valence-electron chi connectivity index (χ4n) is 3.32. The molecule has 2 heterocycles. The van der Waals surface area contributed by atoms with Gasteiger partial charge >= 0.3 is 6.18 Å². The van der Waals surface area contributed by atoms with E-state index in [0.29, 0.717) is 24.1 Å². The third-order valence-electron chi connectivity index (χ3n) is 4.41. The summed E-state index contributed by atoms with van der Waals surface area (Å²) < 4.78 is 38.7. The van der Waals surface area contributed by atoms with Crippen LogP contribution in [0.2, 0.25) is 0 Å². The zero-order chi connectivity index (χ0) is 19.1. The van der Waals surface area contributed by atoms with Crippen LogP contribution < -0.4 is 4.90 Å². The van der Waals surface area contributed by atoms with Crippen LogP contribution >= 0.6 is 0 Å². The standard InChI is InChI=1S/C18H20F3N3O2/c1-10-6-13(18(19,20)21)8-15(26)16(10)14-7-12-4-3-5-24(9-11(2)25)17(12)23-22-14/h6-8,11,25-26H,3-5,9H2,1-2H3. The molecule has 0 amide bonds. The second kappa shape index (κ2) is 6.75. The molecule has 8 heteroatoms. The molecule has 1 aliphatic heterocycles. The van der Waals surface area contributed by atoms with Crippen LogP contribution in [-0.4, -0.2) is 39.6 Å². The Labute approximate surface area is 149 Å². The summed E-state index contributed by atoms with van der Waals surface area (Å²) in [5.41, 5.74) is 0.876. The minimum Gasteiger partial charge on any atom is -0.507 e. The molecule has 3 rings (SSSR count). The number of aromatic nitrogens is 2. The van der Waals surface area contributed by atoms with E-state index in [9.17, 15) is 23.4 Å². The Morgan fingerprint density at radius 3 is 2.58 bits per heavy atom. The van der Waals surface area contributed by atoms with Gasteiger partial charge in [-0.25, -0.2) is 0 Å². The van der Waals surface area contributed by atoms with Gasteiger partial charge in [0.25, 0.3) is 0 Å². The minimum absolute atomic E-state index is 0.251. The number of aromatic hydroxyl groups is 1. The molecule has 1 atom stereocenters. The average molecular weight is 367 g/mol. The first-order chi connectivity index (χ1) is 12.2. The summed E-state index contributed by atoms with van der Waals surface area (Å²) in [7, 11) is 0. The van der Waals surface area contributed by atoms with E-state index in [-0.39, 0.29) is 11.1 Å². The van der Waals surface area contributed by atoms with Gasteiger partial charge in [0.2, 0.25) is 0 Å². The largest absolute Gasteiger partial charge is 0.507 e. The van der Waals surface area contributed by atoms with E-state index >= 15 is 0 Å². The van der Waals surface area contributed by atoms with Crippen molar-refractivity contribution in [3.63, 3.8) is 0 Å². The predicted molar refractivity (Wildman–Crippen MR) is 91.1 cm³/mol. The van der Waals surface area contributed by atoms with Crippen molar-refractivity contribution in [1.29, 1.82) is 0 Å². The Bertz CT molecular complexity index is 799. The summed E-state index contributed by atoms with van der Waals surface area (Å²) in [4.78, 5) is 1.94. The lowest BCUT2D eigenvalue weighted by Crippen LogP contribution is -2.36. The molecule has 0 radical (unpaired) electrons. The molecule has 0 saturated heterocycles. The van der Waals surface area contributed by atoms with E-state index in [0.717, 1.165) is 31.0 Å². The van der Waals surface area contributed by atoms with E-state index in [1.165, 1.54) is 6.92 Å². The van der Waals surface area contributed by atoms with Gasteiger partial charge in [-0.3, -0.25) is 0 Å². The maximum Gasteiger partial charge on any atom is 0.416 e. The number of halogens is 3. The van der Waals surface area contributed by atoms with Crippen LogP contribution in [0.4, 0.5) is 19.0 Å². The van der Waals surface area contributed by atoms with Gasteiger partial charge in [-0.15, -0.1) is 10.2 Å². The lowest BCUT2D eigenvalue weighted by molar-refractivity contribution is -0.137. The molecule has 140 valence electrons. The zero-order valence-electron chi connectivity index (χ0n) is 14.5. The van der Waals surface area contributed by atoms with Crippen molar-refractivity contribution in [3.05, 3.63) is 34.9 Å². The molecule has 0 aliphatic carbocycles. The summed E-state index contributed by atoms with van der Waals surface area (Å²) in [6.45, 7) is 4.40. The number of hydrogen-bond donors (Lipinski definition) is 2. The lowest BCUT2D eigenvalue weighted by Gasteiger charge is -2.30. The number of aliphatic hydroxyl groups excluding tert-OH is 1. The molecule has 1 aromatic heterocycles. The molecular formula is C18H20F3N3O2. The highest BCUT2D eigenvalue weighted by atomic mass is 19.4. The van der Waals surface area contributed by atoms with Crippen molar-refractivity contribution in [3.8, 4) is 17.0 Å². The van der Waals surface area contributed by atoms with Gasteiger partial charge < -0.3 is 15.1 Å². The number of phenols is 1. The van der Waals surface area contributed by atoms with Gasteiger partial charge in [0.1, 0.15) is 5.75 Å². The van der Waals surface area contributed by atoms with Gasteiger partial charge in [0, 0.05) is 18.7 Å². The molecule has 0 saturated carbocycles. The smallest absolute Gasteiger partial charge is 0.416 e. The number of anilines is 1. The van der Waals surface area contributed by atoms with Crippen molar-refractivity contribution < 1.29 is 23.4 Å². The molecule has 2 N–H and O–H groups in total. The van der Waals surface area contributed by atoms with Crippen LogP contribution in [0.15, 0.2) is 18.2 Å². The van der Waals surface area contributed by atoms with Crippen molar-refractivity contribution in [2.75, 3.05) is 18.0 Å². The van der Waals surface area contributed by atoms with Gasteiger partial charge in [-0.05, 0) is 56.0 Å². The van der Waals surface area contributed by atoms with Crippen LogP contribution in [0.1, 0.15) is 30.0 Å². The second-order valence-electron chi connectivity index (χ2n) is 6.66. The molecule has 0 bridgehead atoms. The molecule has 0 fully saturated rings. The Morgan fingerprint density at radius 1 is 1.23 bits per heavy atom. The Morgan fingerprint density at radius 2 is 1.96 bits per heavy atom. The van der Waals surface area contributed by atoms with Crippen molar-refractivity contribution >= 4 is 5.82 Å². The molecule has 1 aromatic carbocycles. The SMILES string of the molecule is Cc1cc(C(F)(F)F)cc(O)c1-c1cc2c(nn1)N(CC(C)O)CCC2. The number of fused-ring (bicyclic) bond motifs is 1. The highest BCUT2D eigenvalue weighted by Crippen LogP contribution is 2.39. The summed E-state index contributed by atoms with van der Waals surface area (Å²) in [5, 5.41) is 28.1. The van der Waals surface area contributed by atoms with Crippen LogP contribution in [0.5, 0.6) is 5.75 Å². The molecule has 0 spiro atoms. The normalized spacial score (nSPS) is 15.7. The number of nitrogens with zero attached hydrogens (tertiary/aromatic N) is 3. The van der Waals surface area contributed by atoms with E-state index in [1.54, 1.807) is 13.0 Å². The summed E-state index contributed by atoms with van der Waals surface area (Å²) in [5.74, 6) is 0.202. The first-order valence-electron chi connectivity index (χ1n) is 8.37. The van der Waals surface area contributed by atoms with Gasteiger partial charge in [0.15, 0.2) is 5.82 Å². The van der Waals surface area contributed by atoms with Gasteiger partial charge in [-0.2, -0.15) is 13.2 Å². The number of phenolic OH excluding ortho intramolecular Hbond substituents is 1. The lowest BCUT2D eigenvalue weighted by atomic mass is 9.98. The Balaban J connectivity index is 2.01. The van der Waals surface area contributed by atoms with E-state index in [1.807, 2.05) is 4.90 Å². The summed E-state index contributed by atoms with van der Waals surface area (Å²) in [6.07, 6.45) is -3.40. The van der Waals surface area contributed by atoms with Crippen LogP contribution in [-0.2, 0) is 12.6 Å². The quantitative estimate of drug-likeness (QED) is 0.871. The fraction of sp³-hybridized carbons (Fsp3) is 0.444. The molecule has 26 heavy (non-hydrogen) atoms. The summed E-state index contributed by atoms with van der Waals surface area (Å²) >= 11 is 0. The number of rotatable bonds is 3. The third kappa shape index (κ3) is 3.60. The first kappa shape index (κ1) is 18.4. The number of β-amino-alcohol motifs (C(OH)–C–C–N with tert-alkyl or cyclic N) is 1. The molecular weight excluding hydrogens is 347 g/mol. The van der Waals surface area contributed by atoms with E-state index in [2.05, 4.69) is 10.2 Å². The number of alkyl halides is 3. The zero-order valence-corrected chi connectivity index (χ0v) is 14.5. The van der Waals surface area contributed by atoms with Gasteiger partial charge in [0.05, 0.1) is 17.4 Å². The van der Waals surface area contributed by atoms with E-state index in [4.69, 9.17) is 0 Å². The van der Waals surface area contributed by atoms with Crippen molar-refractivity contribution in [1.82, 2.24) is 10.2 Å². The van der Waals surface area contributed by atoms with Crippen LogP contribution in [0.25, 0.3) is 11.3 Å². The Hall–Kier alpha value is -2.35. The number of benzene rings is 1. The number of aliphatic hydroxyl groups is 1. The molecule has 5 nitrogen and oxygen atoms in total. The monoisotopic (exact) mass is 367 g/mol. The average Bonchev–Trinajstić information content (AvgIpc) is 2.53. The fourth-order valence-corrected chi connectivity index (χ4v) is 3.32. The molecule has 1 aliphatic rings. The highest BCUT2D eigenvalue weighted by Gasteiger charge is 2.32. The topological polar surface area (TPSA) is 69.5 Å². The van der Waals surface area contributed by atoms with Crippen LogP contribution in [0.3, 0.4) is 0 Å². The van der Waals surface area contributed by atoms with Gasteiger partial charge in [-0.1, -0.05) is 0 Å². The van der Waals surface area contributed by atoms with Crippen LogP contribution in [0, 0.1) is 6.92 Å². The minimum atomic E-state index is -4.52. The third-order valence-corrected chi connectivity index (χ3v) is 4.41. The first-order valence-corrected chi connectivity index (χ1v) is 8.37. The second-order valence-corrected chi connectivity index (χ2v) is 6.66. The summed E-state index contributed by atoms with van der Waals surface area (Å²) in [6, 6.07) is 3.46. The van der Waals surface area contributed by atoms with Crippen molar-refractivity contribution in [2.45, 2.75) is 39.0 Å². The highest BCUT2D eigenvalue weighted by molar-refractivity contribution is 5.72. The molecule has 1 unspecified atom stereocenters. The Kier molecular flexibility index (Phi) is 4.79. The van der Waals surface area contributed by atoms with Crippen molar-refractivity contribution in [2.24, 2.45) is 0 Å². The maximum atomic E-state index is 12.9.